The van der Waals surface area contributed by atoms with Crippen LogP contribution in [0.15, 0.2) is 18.3 Å². The van der Waals surface area contributed by atoms with Gasteiger partial charge in [0.15, 0.2) is 0 Å². The van der Waals surface area contributed by atoms with E-state index < -0.39 is 0 Å². The summed E-state index contributed by atoms with van der Waals surface area (Å²) in [5.41, 5.74) is 13.1. The van der Waals surface area contributed by atoms with Crippen molar-refractivity contribution < 1.29 is 0 Å². The van der Waals surface area contributed by atoms with Crippen molar-refractivity contribution in [2.45, 2.75) is 37.6 Å². The summed E-state index contributed by atoms with van der Waals surface area (Å²) in [7, 11) is 0. The molecule has 0 bridgehead atoms. The first-order chi connectivity index (χ1) is 6.62. The van der Waals surface area contributed by atoms with Crippen molar-refractivity contribution in [3.05, 3.63) is 23.9 Å². The fourth-order valence-corrected chi connectivity index (χ4v) is 2.46. The molecule has 2 unspecified atom stereocenters. The third kappa shape index (κ3) is 1.48. The Morgan fingerprint density at radius 2 is 2.36 bits per heavy atom. The van der Waals surface area contributed by atoms with E-state index in [1.807, 2.05) is 6.07 Å². The summed E-state index contributed by atoms with van der Waals surface area (Å²) in [5.74, 6) is 0.657. The molecular weight excluding hydrogens is 174 g/mol. The predicted molar refractivity (Wildman–Crippen MR) is 57.8 cm³/mol. The lowest BCUT2D eigenvalue weighted by Gasteiger charge is -2.25. The van der Waals surface area contributed by atoms with E-state index in [0.29, 0.717) is 11.9 Å². The van der Waals surface area contributed by atoms with Gasteiger partial charge in [-0.25, -0.2) is 4.98 Å². The first-order valence-corrected chi connectivity index (χ1v) is 5.08. The van der Waals surface area contributed by atoms with Crippen LogP contribution in [-0.2, 0) is 5.41 Å². The van der Waals surface area contributed by atoms with Crippen molar-refractivity contribution in [2.24, 2.45) is 5.73 Å². The molecule has 0 aromatic carbocycles. The summed E-state index contributed by atoms with van der Waals surface area (Å²) in [6.07, 6.45) is 4.95. The molecule has 1 saturated carbocycles. The van der Waals surface area contributed by atoms with Gasteiger partial charge in [-0.2, -0.15) is 0 Å². The molecule has 76 valence electrons. The summed E-state index contributed by atoms with van der Waals surface area (Å²) >= 11 is 0. The molecule has 0 saturated heterocycles. The molecule has 3 heteroatoms. The van der Waals surface area contributed by atoms with E-state index in [0.717, 1.165) is 24.8 Å². The minimum absolute atomic E-state index is 0.137. The molecule has 0 aliphatic heterocycles. The van der Waals surface area contributed by atoms with Crippen LogP contribution in [-0.4, -0.2) is 11.0 Å². The second-order valence-corrected chi connectivity index (χ2v) is 4.50. The van der Waals surface area contributed by atoms with Crippen molar-refractivity contribution in [1.29, 1.82) is 0 Å². The lowest BCUT2D eigenvalue weighted by atomic mass is 9.81. The average molecular weight is 191 g/mol. The Morgan fingerprint density at radius 1 is 1.57 bits per heavy atom. The molecule has 1 fully saturated rings. The van der Waals surface area contributed by atoms with E-state index in [1.165, 1.54) is 0 Å². The van der Waals surface area contributed by atoms with Crippen LogP contribution in [0.1, 0.15) is 31.7 Å². The Morgan fingerprint density at radius 3 is 2.93 bits per heavy atom. The van der Waals surface area contributed by atoms with Crippen LogP contribution in [0.2, 0.25) is 0 Å². The van der Waals surface area contributed by atoms with Gasteiger partial charge in [0, 0.05) is 17.8 Å². The van der Waals surface area contributed by atoms with Gasteiger partial charge in [-0.1, -0.05) is 13.0 Å². The van der Waals surface area contributed by atoms with Crippen molar-refractivity contribution in [3.8, 4) is 0 Å². The monoisotopic (exact) mass is 191 g/mol. The van der Waals surface area contributed by atoms with Gasteiger partial charge in [0.1, 0.15) is 5.82 Å². The Hall–Kier alpha value is -1.09. The van der Waals surface area contributed by atoms with Gasteiger partial charge >= 0.3 is 0 Å². The third-order valence-electron chi connectivity index (χ3n) is 3.27. The summed E-state index contributed by atoms with van der Waals surface area (Å²) in [6, 6.07) is 4.33. The van der Waals surface area contributed by atoms with Gasteiger partial charge in [-0.3, -0.25) is 0 Å². The third-order valence-corrected chi connectivity index (χ3v) is 3.27. The van der Waals surface area contributed by atoms with Crippen molar-refractivity contribution >= 4 is 5.82 Å². The summed E-state index contributed by atoms with van der Waals surface area (Å²) in [4.78, 5) is 4.13. The number of hydrogen-bond donors (Lipinski definition) is 2. The number of rotatable bonds is 1. The van der Waals surface area contributed by atoms with Crippen LogP contribution in [0, 0.1) is 0 Å². The zero-order valence-electron chi connectivity index (χ0n) is 8.53. The summed E-state index contributed by atoms with van der Waals surface area (Å²) < 4.78 is 0. The molecule has 2 atom stereocenters. The Balaban J connectivity index is 2.35. The Labute approximate surface area is 84.5 Å². The summed E-state index contributed by atoms with van der Waals surface area (Å²) in [5, 5.41) is 0. The molecule has 2 rings (SSSR count). The lowest BCUT2D eigenvalue weighted by molar-refractivity contribution is 0.482. The van der Waals surface area contributed by atoms with Gasteiger partial charge < -0.3 is 11.5 Å². The van der Waals surface area contributed by atoms with E-state index in [9.17, 15) is 0 Å². The lowest BCUT2D eigenvalue weighted by Crippen LogP contribution is -2.23. The first kappa shape index (κ1) is 9.46. The van der Waals surface area contributed by atoms with Crippen LogP contribution >= 0.6 is 0 Å². The van der Waals surface area contributed by atoms with Crippen molar-refractivity contribution in [2.75, 3.05) is 5.73 Å². The maximum atomic E-state index is 5.94. The number of nitrogen functional groups attached to an aromatic ring is 1. The van der Waals surface area contributed by atoms with Crippen LogP contribution in [0.25, 0.3) is 0 Å². The number of aromatic nitrogens is 1. The SMILES string of the molecule is CC1(c2cccnc2N)CCC(N)C1. The molecule has 0 radical (unpaired) electrons. The molecule has 3 nitrogen and oxygen atoms in total. The predicted octanol–water partition coefficient (Wildman–Crippen LogP) is 1.43. The normalized spacial score (nSPS) is 32.0. The maximum Gasteiger partial charge on any atom is 0.127 e. The van der Waals surface area contributed by atoms with E-state index in [-0.39, 0.29) is 5.41 Å². The van der Waals surface area contributed by atoms with Crippen LogP contribution < -0.4 is 11.5 Å². The van der Waals surface area contributed by atoms with E-state index in [4.69, 9.17) is 11.5 Å². The standard InChI is InChI=1S/C11H17N3/c1-11(5-4-8(12)7-11)9-3-2-6-14-10(9)13/h2-3,6,8H,4-5,7,12H2,1H3,(H2,13,14). The number of nitrogens with two attached hydrogens (primary N) is 2. The molecule has 0 spiro atoms. The number of hydrogen-bond acceptors (Lipinski definition) is 3. The van der Waals surface area contributed by atoms with Gasteiger partial charge in [0.25, 0.3) is 0 Å². The molecule has 4 N–H and O–H groups in total. The summed E-state index contributed by atoms with van der Waals surface area (Å²) in [6.45, 7) is 2.23. The van der Waals surface area contributed by atoms with Gasteiger partial charge in [0.05, 0.1) is 0 Å². The van der Waals surface area contributed by atoms with Crippen LogP contribution in [0.3, 0.4) is 0 Å². The zero-order chi connectivity index (χ0) is 10.2. The highest BCUT2D eigenvalue weighted by Gasteiger charge is 2.36. The number of pyridine rings is 1. The highest BCUT2D eigenvalue weighted by molar-refractivity contribution is 5.44. The zero-order valence-corrected chi connectivity index (χ0v) is 8.53. The molecular formula is C11H17N3. The topological polar surface area (TPSA) is 64.9 Å². The molecule has 14 heavy (non-hydrogen) atoms. The molecule has 1 aromatic rings. The highest BCUT2D eigenvalue weighted by atomic mass is 14.8. The molecule has 1 aliphatic rings. The Kier molecular flexibility index (Phi) is 2.19. The molecule has 1 heterocycles. The van der Waals surface area contributed by atoms with Crippen molar-refractivity contribution in [1.82, 2.24) is 4.98 Å². The molecule has 0 amide bonds. The number of anilines is 1. The van der Waals surface area contributed by atoms with Crippen LogP contribution in [0.4, 0.5) is 5.82 Å². The minimum Gasteiger partial charge on any atom is -0.383 e. The second-order valence-electron chi connectivity index (χ2n) is 4.50. The van der Waals surface area contributed by atoms with Gasteiger partial charge in [0.2, 0.25) is 0 Å². The maximum absolute atomic E-state index is 5.94. The smallest absolute Gasteiger partial charge is 0.127 e. The highest BCUT2D eigenvalue weighted by Crippen LogP contribution is 2.41. The molecule has 1 aromatic heterocycles. The first-order valence-electron chi connectivity index (χ1n) is 5.08. The largest absolute Gasteiger partial charge is 0.383 e. The minimum atomic E-state index is 0.137. The van der Waals surface area contributed by atoms with Crippen LogP contribution in [0.5, 0.6) is 0 Å². The molecule has 1 aliphatic carbocycles. The van der Waals surface area contributed by atoms with Gasteiger partial charge in [-0.15, -0.1) is 0 Å². The van der Waals surface area contributed by atoms with E-state index >= 15 is 0 Å². The fraction of sp³-hybridized carbons (Fsp3) is 0.545. The average Bonchev–Trinajstić information content (AvgIpc) is 2.48. The van der Waals surface area contributed by atoms with Gasteiger partial charge in [-0.05, 0) is 30.7 Å². The van der Waals surface area contributed by atoms with E-state index in [2.05, 4.69) is 18.0 Å². The van der Waals surface area contributed by atoms with E-state index in [1.54, 1.807) is 6.20 Å². The van der Waals surface area contributed by atoms with Crippen molar-refractivity contribution in [3.63, 3.8) is 0 Å². The fourth-order valence-electron chi connectivity index (χ4n) is 2.46. The quantitative estimate of drug-likeness (QED) is 0.705. The number of nitrogens with zero attached hydrogens (tertiary/aromatic N) is 1. The second kappa shape index (κ2) is 3.24. The Bertz CT molecular complexity index is 337.